The van der Waals surface area contributed by atoms with Crippen LogP contribution >= 0.6 is 22.9 Å². The summed E-state index contributed by atoms with van der Waals surface area (Å²) in [5.41, 5.74) is 4.95. The number of hydrogen-bond donors (Lipinski definition) is 1. The number of piperidine rings is 1. The van der Waals surface area contributed by atoms with E-state index in [1.54, 1.807) is 35.7 Å². The van der Waals surface area contributed by atoms with Crippen molar-refractivity contribution in [2.45, 2.75) is 65.1 Å². The third-order valence-corrected chi connectivity index (χ3v) is 11.1. The minimum atomic E-state index is -1.03. The molecule has 1 N–H and O–H groups in total. The highest BCUT2D eigenvalue weighted by molar-refractivity contribution is 7.15. The van der Waals surface area contributed by atoms with Gasteiger partial charge in [-0.25, -0.2) is 0 Å². The highest BCUT2D eigenvalue weighted by atomic mass is 35.5. The summed E-state index contributed by atoms with van der Waals surface area (Å²) in [6, 6.07) is 11.3. The molecule has 0 saturated carbocycles. The molecule has 0 spiro atoms. The van der Waals surface area contributed by atoms with Crippen LogP contribution in [0.4, 0.5) is 0 Å². The Bertz CT molecular complexity index is 2470. The number of carbonyl (C=O) groups is 4. The number of benzene rings is 2. The zero-order chi connectivity index (χ0) is 37.7. The van der Waals surface area contributed by atoms with Crippen LogP contribution in [0.25, 0.3) is 5.00 Å². The molecule has 6 heterocycles. The van der Waals surface area contributed by atoms with Crippen LogP contribution in [0.15, 0.2) is 59.9 Å². The van der Waals surface area contributed by atoms with E-state index < -0.39 is 29.7 Å². The number of aromatic nitrogens is 5. The summed E-state index contributed by atoms with van der Waals surface area (Å²) in [5.74, 6) is 6.28. The van der Waals surface area contributed by atoms with Crippen LogP contribution < -0.4 is 10.1 Å². The number of halogens is 1. The van der Waals surface area contributed by atoms with E-state index in [0.29, 0.717) is 24.6 Å². The maximum Gasteiger partial charge on any atom is 0.266 e. The molecular weight excluding hydrogens is 728 g/mol. The molecule has 0 radical (unpaired) electrons. The number of nitrogens with one attached hydrogen (secondary N) is 1. The van der Waals surface area contributed by atoms with Gasteiger partial charge in [0.05, 0.1) is 40.1 Å². The number of carbonyl (C=O) groups excluding carboxylic acids is 4. The number of ether oxygens (including phenoxy) is 1. The van der Waals surface area contributed by atoms with Gasteiger partial charge in [0.2, 0.25) is 11.8 Å². The molecule has 13 nitrogen and oxygen atoms in total. The molecule has 1 fully saturated rings. The standard InChI is InChI=1S/C39H33ClN8O5S/c1-21-30(54-39-32(21)34(25-10-12-26(40)13-11-25)42-22(2)35-45-44-23(3)47(35)39)15-9-24-19-41-46(20-24)17-4-5-18-53-29-8-6-7-27-33(29)38(52)48(37(27)51)28-14-16-31(49)43-36(28)50/h6-8,10-13,19-20,22,28H,4-5,14,16-18H2,1-3H3,(H,43,49,50)/t22-,28?/m0/s1. The van der Waals surface area contributed by atoms with Crippen molar-refractivity contribution in [2.75, 3.05) is 6.61 Å². The van der Waals surface area contributed by atoms with Gasteiger partial charge in [-0.2, -0.15) is 5.10 Å². The van der Waals surface area contributed by atoms with E-state index in [2.05, 4.69) is 43.9 Å². The lowest BCUT2D eigenvalue weighted by molar-refractivity contribution is -0.136. The molecule has 3 aromatic heterocycles. The van der Waals surface area contributed by atoms with Crippen LogP contribution in [0, 0.1) is 25.7 Å². The van der Waals surface area contributed by atoms with Crippen molar-refractivity contribution in [3.63, 3.8) is 0 Å². The van der Waals surface area contributed by atoms with Crippen LogP contribution in [0.5, 0.6) is 5.75 Å². The predicted molar refractivity (Wildman–Crippen MR) is 200 cm³/mol. The fourth-order valence-corrected chi connectivity index (χ4v) is 8.28. The van der Waals surface area contributed by atoms with Gasteiger partial charge in [0, 0.05) is 35.3 Å². The van der Waals surface area contributed by atoms with Crippen LogP contribution in [0.3, 0.4) is 0 Å². The number of thiophene rings is 1. The van der Waals surface area contributed by atoms with E-state index in [4.69, 9.17) is 21.3 Å². The van der Waals surface area contributed by atoms with Crippen molar-refractivity contribution in [3.05, 3.63) is 110 Å². The van der Waals surface area contributed by atoms with Crippen molar-refractivity contribution >= 4 is 52.3 Å². The quantitative estimate of drug-likeness (QED) is 0.126. The summed E-state index contributed by atoms with van der Waals surface area (Å²) in [4.78, 5) is 57.4. The molecule has 5 aromatic rings. The van der Waals surface area contributed by atoms with Crippen molar-refractivity contribution < 1.29 is 23.9 Å². The number of aryl methyl sites for hydroxylation is 2. The number of nitrogens with zero attached hydrogens (tertiary/aromatic N) is 7. The molecule has 15 heteroatoms. The number of unbranched alkanes of at least 4 members (excludes halogenated alkanes) is 1. The van der Waals surface area contributed by atoms with E-state index in [9.17, 15) is 19.2 Å². The second kappa shape index (κ2) is 14.1. The van der Waals surface area contributed by atoms with Gasteiger partial charge in [-0.05, 0) is 69.9 Å². The van der Waals surface area contributed by atoms with Gasteiger partial charge in [-0.3, -0.25) is 43.6 Å². The summed E-state index contributed by atoms with van der Waals surface area (Å²) >= 11 is 7.81. The van der Waals surface area contributed by atoms with Gasteiger partial charge in [0.25, 0.3) is 11.8 Å². The molecular formula is C39H33ClN8O5S. The first-order valence-electron chi connectivity index (χ1n) is 17.5. The molecule has 0 aliphatic carbocycles. The highest BCUT2D eigenvalue weighted by Crippen LogP contribution is 2.39. The number of imide groups is 2. The average molecular weight is 761 g/mol. The topological polar surface area (TPSA) is 154 Å². The Labute approximate surface area is 319 Å². The summed E-state index contributed by atoms with van der Waals surface area (Å²) in [6.07, 6.45) is 5.19. The van der Waals surface area contributed by atoms with Crippen molar-refractivity contribution in [1.82, 2.24) is 34.8 Å². The average Bonchev–Trinajstić information content (AvgIpc) is 3.89. The van der Waals surface area contributed by atoms with Crippen LogP contribution in [0.2, 0.25) is 5.02 Å². The Hall–Kier alpha value is -5.91. The van der Waals surface area contributed by atoms with Crippen LogP contribution in [0.1, 0.15) is 98.1 Å². The number of fused-ring (bicyclic) bond motifs is 4. The van der Waals surface area contributed by atoms with Crippen LogP contribution in [-0.2, 0) is 16.1 Å². The molecule has 1 saturated heterocycles. The fraction of sp³-hybridized carbons (Fsp3) is 0.282. The summed E-state index contributed by atoms with van der Waals surface area (Å²) in [6.45, 7) is 6.96. The second-order valence-corrected chi connectivity index (χ2v) is 14.7. The van der Waals surface area contributed by atoms with Gasteiger partial charge in [0.1, 0.15) is 28.7 Å². The lowest BCUT2D eigenvalue weighted by atomic mass is 9.99. The van der Waals surface area contributed by atoms with E-state index >= 15 is 0 Å². The first-order chi connectivity index (χ1) is 26.1. The molecule has 2 aromatic carbocycles. The number of aliphatic imine (C=N–C) groups is 1. The molecule has 272 valence electrons. The SMILES string of the molecule is Cc1c(C#Cc2cnn(CCCCOc3cccc4c3C(=O)N(C3CCC(=O)NC3=O)C4=O)c2)sc2c1C(c1ccc(Cl)cc1)=N[C@@H](C)c1nnc(C)n1-2. The van der Waals surface area contributed by atoms with E-state index in [1.807, 2.05) is 49.0 Å². The molecule has 2 atom stereocenters. The van der Waals surface area contributed by atoms with Gasteiger partial charge in [-0.15, -0.1) is 21.5 Å². The van der Waals surface area contributed by atoms with Gasteiger partial charge >= 0.3 is 0 Å². The molecule has 54 heavy (non-hydrogen) atoms. The minimum Gasteiger partial charge on any atom is -0.493 e. The smallest absolute Gasteiger partial charge is 0.266 e. The second-order valence-electron chi connectivity index (χ2n) is 13.3. The summed E-state index contributed by atoms with van der Waals surface area (Å²) < 4.78 is 9.89. The predicted octanol–water partition coefficient (Wildman–Crippen LogP) is 5.37. The van der Waals surface area contributed by atoms with Crippen LogP contribution in [-0.4, -0.2) is 71.4 Å². The molecule has 3 aliphatic rings. The number of amides is 4. The fourth-order valence-electron chi connectivity index (χ4n) is 6.94. The number of hydrogen-bond acceptors (Lipinski definition) is 10. The maximum absolute atomic E-state index is 13.3. The molecule has 0 bridgehead atoms. The van der Waals surface area contributed by atoms with Crippen molar-refractivity contribution in [1.29, 1.82) is 0 Å². The van der Waals surface area contributed by atoms with Crippen molar-refractivity contribution in [3.8, 4) is 22.6 Å². The Morgan fingerprint density at radius 3 is 2.61 bits per heavy atom. The van der Waals surface area contributed by atoms with Gasteiger partial charge in [-0.1, -0.05) is 41.6 Å². The van der Waals surface area contributed by atoms with E-state index in [1.165, 1.54) is 0 Å². The molecule has 3 aliphatic heterocycles. The Kier molecular flexibility index (Phi) is 9.21. The first kappa shape index (κ1) is 35.1. The largest absolute Gasteiger partial charge is 0.493 e. The minimum absolute atomic E-state index is 0.0563. The zero-order valence-corrected chi connectivity index (χ0v) is 31.1. The lowest BCUT2D eigenvalue weighted by Gasteiger charge is -2.27. The Morgan fingerprint density at radius 2 is 1.81 bits per heavy atom. The normalized spacial score (nSPS) is 17.6. The van der Waals surface area contributed by atoms with E-state index in [-0.39, 0.29) is 35.8 Å². The summed E-state index contributed by atoms with van der Waals surface area (Å²) in [7, 11) is 0. The van der Waals surface area contributed by atoms with E-state index in [0.717, 1.165) is 60.8 Å². The Balaban J connectivity index is 0.926. The lowest BCUT2D eigenvalue weighted by Crippen LogP contribution is -2.54. The zero-order valence-electron chi connectivity index (χ0n) is 29.6. The monoisotopic (exact) mass is 760 g/mol. The van der Waals surface area contributed by atoms with Gasteiger partial charge < -0.3 is 4.74 Å². The molecule has 1 unspecified atom stereocenters. The third-order valence-electron chi connectivity index (χ3n) is 9.65. The third kappa shape index (κ3) is 6.29. The maximum atomic E-state index is 13.3. The molecule has 4 amide bonds. The highest BCUT2D eigenvalue weighted by Gasteiger charge is 2.46. The molecule has 8 rings (SSSR count). The summed E-state index contributed by atoms with van der Waals surface area (Å²) in [5, 5.41) is 17.2. The first-order valence-corrected chi connectivity index (χ1v) is 18.7. The Morgan fingerprint density at radius 1 is 1.00 bits per heavy atom. The van der Waals surface area contributed by atoms with Gasteiger partial charge in [0.15, 0.2) is 5.82 Å². The van der Waals surface area contributed by atoms with Crippen molar-refractivity contribution in [2.24, 2.45) is 4.99 Å². The number of rotatable bonds is 8.